The van der Waals surface area contributed by atoms with Crippen molar-refractivity contribution in [2.45, 2.75) is 102 Å². The molecule has 4 rings (SSSR count). The quantitative estimate of drug-likeness (QED) is 0.138. The first kappa shape index (κ1) is 37.3. The SMILES string of the molecule is CCOC(=O)[C@@H](CCCCCC1CCN(C(=O)OCc2ccccc2)CC1)N[C@H]1CSc2ccccc2N(CC(=O)OC(C)(C)C)C1=O. The summed E-state index contributed by atoms with van der Waals surface area (Å²) in [7, 11) is 0. The van der Waals surface area contributed by atoms with Gasteiger partial charge in [-0.1, -0.05) is 68.1 Å². The molecule has 2 heterocycles. The number of unbranched alkanes of at least 4 members (excludes halogenated alkanes) is 2. The molecule has 0 aromatic heterocycles. The van der Waals surface area contributed by atoms with Gasteiger partial charge in [0.15, 0.2) is 0 Å². The number of thioether (sulfide) groups is 1. The Bertz CT molecular complexity index is 1360. The van der Waals surface area contributed by atoms with Gasteiger partial charge in [0.25, 0.3) is 0 Å². The third kappa shape index (κ3) is 11.5. The lowest BCUT2D eigenvalue weighted by Crippen LogP contribution is -2.54. The standard InChI is InChI=1S/C37H51N3O7S/c1-5-45-35(43)29(17-11-7-8-14-27-20-22-39(23-21-27)36(44)46-25-28-15-9-6-10-16-28)38-30-26-48-32-19-13-12-18-31(32)40(34(30)42)24-33(41)47-37(2,3)4/h6,9-10,12-13,15-16,18-19,27,29-30,38H,5,7-8,11,14,17,20-26H2,1-4H3/t29-,30+/m1/s1. The second-order valence-corrected chi connectivity index (χ2v) is 14.5. The van der Waals surface area contributed by atoms with Crippen LogP contribution in [-0.2, 0) is 35.2 Å². The Morgan fingerprint density at radius 3 is 2.38 bits per heavy atom. The van der Waals surface area contributed by atoms with Crippen LogP contribution in [0.1, 0.15) is 78.2 Å². The van der Waals surface area contributed by atoms with Gasteiger partial charge < -0.3 is 19.1 Å². The Hall–Kier alpha value is -3.57. The fraction of sp³-hybridized carbons (Fsp3) is 0.568. The molecule has 11 heteroatoms. The van der Waals surface area contributed by atoms with Gasteiger partial charge in [-0.3, -0.25) is 24.6 Å². The molecule has 0 bridgehead atoms. The number of hydrogen-bond acceptors (Lipinski definition) is 9. The number of rotatable bonds is 14. The molecule has 2 aliphatic heterocycles. The van der Waals surface area contributed by atoms with Crippen LogP contribution in [0.25, 0.3) is 0 Å². The predicted molar refractivity (Wildman–Crippen MR) is 187 cm³/mol. The highest BCUT2D eigenvalue weighted by atomic mass is 32.2. The average molecular weight is 682 g/mol. The maximum absolute atomic E-state index is 13.9. The third-order valence-corrected chi connectivity index (χ3v) is 9.65. The van der Waals surface area contributed by atoms with E-state index in [9.17, 15) is 19.2 Å². The van der Waals surface area contributed by atoms with Crippen molar-refractivity contribution in [3.8, 4) is 0 Å². The summed E-state index contributed by atoms with van der Waals surface area (Å²) < 4.78 is 16.4. The molecule has 2 aromatic rings. The lowest BCUT2D eigenvalue weighted by molar-refractivity contribution is -0.154. The summed E-state index contributed by atoms with van der Waals surface area (Å²) in [5, 5.41) is 3.31. The van der Waals surface area contributed by atoms with Gasteiger partial charge in [-0.2, -0.15) is 0 Å². The van der Waals surface area contributed by atoms with Crippen molar-refractivity contribution in [1.82, 2.24) is 10.2 Å². The Morgan fingerprint density at radius 2 is 1.67 bits per heavy atom. The monoisotopic (exact) mass is 681 g/mol. The van der Waals surface area contributed by atoms with Crippen molar-refractivity contribution < 1.29 is 33.4 Å². The van der Waals surface area contributed by atoms with Gasteiger partial charge in [-0.25, -0.2) is 4.79 Å². The molecule has 10 nitrogen and oxygen atoms in total. The van der Waals surface area contributed by atoms with E-state index in [-0.39, 0.29) is 37.7 Å². The van der Waals surface area contributed by atoms with Crippen molar-refractivity contribution in [3.63, 3.8) is 0 Å². The molecule has 0 radical (unpaired) electrons. The summed E-state index contributed by atoms with van der Waals surface area (Å²) >= 11 is 1.52. The molecule has 48 heavy (non-hydrogen) atoms. The van der Waals surface area contributed by atoms with E-state index < -0.39 is 23.7 Å². The van der Waals surface area contributed by atoms with Crippen molar-refractivity contribution in [2.24, 2.45) is 5.92 Å². The number of benzene rings is 2. The van der Waals surface area contributed by atoms with E-state index in [1.54, 1.807) is 32.6 Å². The summed E-state index contributed by atoms with van der Waals surface area (Å²) in [6.45, 7) is 8.88. The molecule has 0 unspecified atom stereocenters. The van der Waals surface area contributed by atoms with Gasteiger partial charge in [0.05, 0.1) is 18.3 Å². The number of nitrogens with zero attached hydrogens (tertiary/aromatic N) is 2. The van der Waals surface area contributed by atoms with Crippen LogP contribution in [0.2, 0.25) is 0 Å². The first-order valence-corrected chi connectivity index (χ1v) is 18.2. The molecule has 1 N–H and O–H groups in total. The molecule has 2 atom stereocenters. The van der Waals surface area contributed by atoms with E-state index in [1.807, 2.05) is 54.6 Å². The van der Waals surface area contributed by atoms with Crippen molar-refractivity contribution in [1.29, 1.82) is 0 Å². The number of hydrogen-bond donors (Lipinski definition) is 1. The molecule has 2 amide bonds. The zero-order valence-corrected chi connectivity index (χ0v) is 29.6. The number of fused-ring (bicyclic) bond motifs is 1. The van der Waals surface area contributed by atoms with E-state index >= 15 is 0 Å². The molecule has 262 valence electrons. The number of esters is 2. The van der Waals surface area contributed by atoms with E-state index in [0.29, 0.717) is 36.9 Å². The maximum atomic E-state index is 13.9. The van der Waals surface area contributed by atoms with E-state index in [4.69, 9.17) is 14.2 Å². The van der Waals surface area contributed by atoms with Crippen LogP contribution >= 0.6 is 11.8 Å². The number of carbonyl (C=O) groups excluding carboxylic acids is 4. The van der Waals surface area contributed by atoms with Gasteiger partial charge in [0.2, 0.25) is 5.91 Å². The third-order valence-electron chi connectivity index (χ3n) is 8.49. The normalized spacial score (nSPS) is 17.7. The number of para-hydroxylation sites is 1. The van der Waals surface area contributed by atoms with E-state index in [1.165, 1.54) is 16.7 Å². The fourth-order valence-corrected chi connectivity index (χ4v) is 7.15. The minimum absolute atomic E-state index is 0.219. The number of ether oxygens (including phenoxy) is 3. The lowest BCUT2D eigenvalue weighted by atomic mass is 9.91. The van der Waals surface area contributed by atoms with E-state index in [2.05, 4.69) is 5.32 Å². The Labute approximate surface area is 289 Å². The molecule has 1 fully saturated rings. The number of nitrogens with one attached hydrogen (secondary N) is 1. The highest BCUT2D eigenvalue weighted by molar-refractivity contribution is 7.99. The Kier molecular flexibility index (Phi) is 14.2. The van der Waals surface area contributed by atoms with Crippen LogP contribution in [0.3, 0.4) is 0 Å². The number of likely N-dealkylation sites (tertiary alicyclic amines) is 1. The van der Waals surface area contributed by atoms with Gasteiger partial charge in [-0.15, -0.1) is 11.8 Å². The Balaban J connectivity index is 1.25. The first-order valence-electron chi connectivity index (χ1n) is 17.2. The Morgan fingerprint density at radius 1 is 0.958 bits per heavy atom. The van der Waals surface area contributed by atoms with Crippen molar-refractivity contribution in [2.75, 3.05) is 36.9 Å². The molecule has 2 aliphatic rings. The zero-order valence-electron chi connectivity index (χ0n) is 28.8. The number of anilines is 1. The van der Waals surface area contributed by atoms with Gasteiger partial charge >= 0.3 is 18.0 Å². The van der Waals surface area contributed by atoms with Gasteiger partial charge in [-0.05, 0) is 70.6 Å². The molecule has 2 aromatic carbocycles. The summed E-state index contributed by atoms with van der Waals surface area (Å²) in [6.07, 6.45) is 6.04. The molecule has 0 spiro atoms. The van der Waals surface area contributed by atoms with Crippen molar-refractivity contribution >= 4 is 41.4 Å². The van der Waals surface area contributed by atoms with Gasteiger partial charge in [0, 0.05) is 23.7 Å². The second kappa shape index (κ2) is 18.3. The predicted octanol–water partition coefficient (Wildman–Crippen LogP) is 6.36. The van der Waals surface area contributed by atoms with Crippen LogP contribution in [0.5, 0.6) is 0 Å². The molecule has 0 aliphatic carbocycles. The number of piperidine rings is 1. The zero-order chi connectivity index (χ0) is 34.5. The largest absolute Gasteiger partial charge is 0.465 e. The molecular formula is C37H51N3O7S. The fourth-order valence-electron chi connectivity index (χ4n) is 6.07. The number of carbonyl (C=O) groups is 4. The van der Waals surface area contributed by atoms with Crippen LogP contribution in [-0.4, -0.2) is 78.5 Å². The summed E-state index contributed by atoms with van der Waals surface area (Å²) in [5.74, 6) is -0.174. The van der Waals surface area contributed by atoms with Crippen LogP contribution in [0, 0.1) is 5.92 Å². The highest BCUT2D eigenvalue weighted by Crippen LogP contribution is 2.34. The van der Waals surface area contributed by atoms with Crippen LogP contribution in [0.4, 0.5) is 10.5 Å². The smallest absolute Gasteiger partial charge is 0.410 e. The van der Waals surface area contributed by atoms with Crippen LogP contribution in [0.15, 0.2) is 59.5 Å². The molecule has 1 saturated heterocycles. The van der Waals surface area contributed by atoms with Crippen LogP contribution < -0.4 is 10.2 Å². The molecular weight excluding hydrogens is 630 g/mol. The average Bonchev–Trinajstić information content (AvgIpc) is 3.19. The van der Waals surface area contributed by atoms with Gasteiger partial charge in [0.1, 0.15) is 24.8 Å². The lowest BCUT2D eigenvalue weighted by Gasteiger charge is -2.31. The first-order chi connectivity index (χ1) is 23.0. The summed E-state index contributed by atoms with van der Waals surface area (Å²) in [4.78, 5) is 56.4. The highest BCUT2D eigenvalue weighted by Gasteiger charge is 2.35. The summed E-state index contributed by atoms with van der Waals surface area (Å²) in [6, 6.07) is 15.9. The maximum Gasteiger partial charge on any atom is 0.410 e. The topological polar surface area (TPSA) is 114 Å². The summed E-state index contributed by atoms with van der Waals surface area (Å²) in [5.41, 5.74) is 0.956. The molecule has 0 saturated carbocycles. The van der Waals surface area contributed by atoms with E-state index in [0.717, 1.165) is 49.0 Å². The minimum atomic E-state index is -0.691. The van der Waals surface area contributed by atoms with Crippen molar-refractivity contribution in [3.05, 3.63) is 60.2 Å². The second-order valence-electron chi connectivity index (χ2n) is 13.4. The minimum Gasteiger partial charge on any atom is -0.465 e. The number of amides is 2.